The molecule has 0 fully saturated rings. The molecule has 0 saturated carbocycles. The maximum absolute atomic E-state index is 12.4. The Morgan fingerprint density at radius 2 is 1.45 bits per heavy atom. The molecule has 12 N–H and O–H groups in total. The van der Waals surface area contributed by atoms with E-state index >= 15 is 0 Å². The van der Waals surface area contributed by atoms with Crippen LogP contribution in [0.15, 0.2) is 4.99 Å². The van der Waals surface area contributed by atoms with Crippen LogP contribution in [0.25, 0.3) is 0 Å². The highest BCUT2D eigenvalue weighted by atomic mass is 16.4. The van der Waals surface area contributed by atoms with Crippen molar-refractivity contribution in [3.8, 4) is 0 Å². The zero-order valence-electron chi connectivity index (χ0n) is 17.6. The molecule has 14 nitrogen and oxygen atoms in total. The summed E-state index contributed by atoms with van der Waals surface area (Å²) in [4.78, 5) is 62.5. The first kappa shape index (κ1) is 27.6. The van der Waals surface area contributed by atoms with E-state index in [0.29, 0.717) is 13.0 Å². The number of rotatable bonds is 14. The first-order valence-corrected chi connectivity index (χ1v) is 9.58. The van der Waals surface area contributed by atoms with Crippen LogP contribution in [0.2, 0.25) is 0 Å². The molecule has 14 heteroatoms. The number of carboxylic acids is 1. The topological polar surface area (TPSA) is 258 Å². The Morgan fingerprint density at radius 1 is 0.871 bits per heavy atom. The number of hydrogen-bond acceptors (Lipinski definition) is 7. The molecular weight excluding hydrogens is 412 g/mol. The Hall–Kier alpha value is -3.42. The van der Waals surface area contributed by atoms with Gasteiger partial charge in [-0.1, -0.05) is 0 Å². The molecule has 4 atom stereocenters. The summed E-state index contributed by atoms with van der Waals surface area (Å²) in [5.41, 5.74) is 21.2. The normalized spacial score (nSPS) is 14.3. The standard InChI is InChI=1S/C17H32N8O6/c1-8(23-14(28)10(18)4-3-7-22-17(20)21)13(27)25-11(5-6-12(19)26)15(29)24-9(2)16(30)31/h8-11H,3-7,18H2,1-2H3,(H2,19,26)(H,23,28)(H,24,29)(H,25,27)(H,30,31)(H4,20,21,22). The lowest BCUT2D eigenvalue weighted by Crippen LogP contribution is -2.56. The largest absolute Gasteiger partial charge is 0.480 e. The summed E-state index contributed by atoms with van der Waals surface area (Å²) in [6.45, 7) is 2.91. The van der Waals surface area contributed by atoms with Crippen molar-refractivity contribution in [3.05, 3.63) is 0 Å². The molecule has 4 amide bonds. The number of amides is 4. The Balaban J connectivity index is 4.85. The van der Waals surface area contributed by atoms with Gasteiger partial charge in [0, 0.05) is 13.0 Å². The number of nitrogens with zero attached hydrogens (tertiary/aromatic N) is 1. The van der Waals surface area contributed by atoms with Crippen molar-refractivity contribution in [2.45, 2.75) is 63.7 Å². The first-order chi connectivity index (χ1) is 14.3. The molecule has 0 rings (SSSR count). The lowest BCUT2D eigenvalue weighted by Gasteiger charge is -2.22. The Labute approximate surface area is 179 Å². The van der Waals surface area contributed by atoms with Crippen LogP contribution in [0.1, 0.15) is 39.5 Å². The van der Waals surface area contributed by atoms with Gasteiger partial charge in [0.05, 0.1) is 6.04 Å². The Kier molecular flexibility index (Phi) is 12.2. The number of aliphatic imine (C=N–C) groups is 1. The zero-order valence-corrected chi connectivity index (χ0v) is 17.6. The minimum Gasteiger partial charge on any atom is -0.480 e. The van der Waals surface area contributed by atoms with E-state index in [1.54, 1.807) is 0 Å². The van der Waals surface area contributed by atoms with Crippen molar-refractivity contribution < 1.29 is 29.1 Å². The smallest absolute Gasteiger partial charge is 0.325 e. The van der Waals surface area contributed by atoms with Crippen LogP contribution in [0.3, 0.4) is 0 Å². The van der Waals surface area contributed by atoms with Crippen molar-refractivity contribution in [2.24, 2.45) is 27.9 Å². The molecule has 0 aromatic rings. The predicted molar refractivity (Wildman–Crippen MR) is 111 cm³/mol. The number of guanidine groups is 1. The second-order valence-electron chi connectivity index (χ2n) is 6.92. The van der Waals surface area contributed by atoms with Gasteiger partial charge in [0.25, 0.3) is 0 Å². The minimum atomic E-state index is -1.28. The maximum Gasteiger partial charge on any atom is 0.325 e. The van der Waals surface area contributed by atoms with Gasteiger partial charge in [-0.05, 0) is 33.1 Å². The Bertz CT molecular complexity index is 694. The molecule has 0 radical (unpaired) electrons. The average Bonchev–Trinajstić information content (AvgIpc) is 2.67. The third-order valence-electron chi connectivity index (χ3n) is 4.10. The fraction of sp³-hybridized carbons (Fsp3) is 0.647. The van der Waals surface area contributed by atoms with Gasteiger partial charge in [0.15, 0.2) is 5.96 Å². The predicted octanol–water partition coefficient (Wildman–Crippen LogP) is -3.79. The molecule has 0 heterocycles. The maximum atomic E-state index is 12.4. The minimum absolute atomic E-state index is 0.0732. The SMILES string of the molecule is CC(NC(=O)C(CCC(N)=O)NC(=O)C(C)NC(=O)C(N)CCCN=C(N)N)C(=O)O. The quantitative estimate of drug-likeness (QED) is 0.0741. The van der Waals surface area contributed by atoms with E-state index in [1.807, 2.05) is 0 Å². The number of aliphatic carboxylic acids is 1. The molecule has 4 unspecified atom stereocenters. The van der Waals surface area contributed by atoms with Crippen LogP contribution >= 0.6 is 0 Å². The molecule has 0 aliphatic carbocycles. The summed E-state index contributed by atoms with van der Waals surface area (Å²) in [7, 11) is 0. The molecule has 0 aliphatic rings. The average molecular weight is 444 g/mol. The van der Waals surface area contributed by atoms with Crippen molar-refractivity contribution in [3.63, 3.8) is 0 Å². The number of carbonyl (C=O) groups excluding carboxylic acids is 4. The Morgan fingerprint density at radius 3 is 1.97 bits per heavy atom. The van der Waals surface area contributed by atoms with Crippen molar-refractivity contribution >= 4 is 35.6 Å². The van der Waals surface area contributed by atoms with Crippen LogP contribution in [-0.2, 0) is 24.0 Å². The van der Waals surface area contributed by atoms with Crippen LogP contribution in [0.5, 0.6) is 0 Å². The molecule has 176 valence electrons. The second kappa shape index (κ2) is 13.7. The van der Waals surface area contributed by atoms with Gasteiger partial charge >= 0.3 is 5.97 Å². The van der Waals surface area contributed by atoms with E-state index < -0.39 is 53.8 Å². The van der Waals surface area contributed by atoms with Gasteiger partial charge in [-0.25, -0.2) is 0 Å². The fourth-order valence-corrected chi connectivity index (χ4v) is 2.26. The lowest BCUT2D eigenvalue weighted by molar-refractivity contribution is -0.142. The van der Waals surface area contributed by atoms with Crippen molar-refractivity contribution in [1.29, 1.82) is 0 Å². The summed E-state index contributed by atoms with van der Waals surface area (Å²) in [6.07, 6.45) is 0.351. The van der Waals surface area contributed by atoms with Crippen molar-refractivity contribution in [1.82, 2.24) is 16.0 Å². The van der Waals surface area contributed by atoms with Crippen LogP contribution < -0.4 is 38.9 Å². The monoisotopic (exact) mass is 444 g/mol. The highest BCUT2D eigenvalue weighted by molar-refractivity contribution is 5.94. The van der Waals surface area contributed by atoms with E-state index in [9.17, 15) is 24.0 Å². The summed E-state index contributed by atoms with van der Waals surface area (Å²) in [5, 5.41) is 15.9. The molecule has 31 heavy (non-hydrogen) atoms. The molecule has 0 aliphatic heterocycles. The van der Waals surface area contributed by atoms with E-state index in [1.165, 1.54) is 13.8 Å². The van der Waals surface area contributed by atoms with E-state index in [0.717, 1.165) is 0 Å². The van der Waals surface area contributed by atoms with Gasteiger partial charge in [-0.3, -0.25) is 29.0 Å². The van der Waals surface area contributed by atoms with Crippen LogP contribution in [0.4, 0.5) is 0 Å². The zero-order chi connectivity index (χ0) is 24.1. The van der Waals surface area contributed by atoms with Gasteiger partial charge in [0.1, 0.15) is 18.1 Å². The molecule has 0 aromatic heterocycles. The van der Waals surface area contributed by atoms with Gasteiger partial charge < -0.3 is 44.0 Å². The molecule has 0 aromatic carbocycles. The third kappa shape index (κ3) is 12.0. The third-order valence-corrected chi connectivity index (χ3v) is 4.10. The summed E-state index contributed by atoms with van der Waals surface area (Å²) >= 11 is 0. The number of nitrogens with two attached hydrogens (primary N) is 4. The number of hydrogen-bond donors (Lipinski definition) is 8. The number of carboxylic acid groups (broad SMARTS) is 1. The fourth-order valence-electron chi connectivity index (χ4n) is 2.26. The van der Waals surface area contributed by atoms with Gasteiger partial charge in [-0.2, -0.15) is 0 Å². The van der Waals surface area contributed by atoms with E-state index in [2.05, 4.69) is 20.9 Å². The number of carbonyl (C=O) groups is 5. The summed E-state index contributed by atoms with van der Waals surface area (Å²) in [5.74, 6) is -4.18. The second-order valence-corrected chi connectivity index (χ2v) is 6.92. The first-order valence-electron chi connectivity index (χ1n) is 9.58. The van der Waals surface area contributed by atoms with Crippen LogP contribution in [-0.4, -0.2) is 71.4 Å². The highest BCUT2D eigenvalue weighted by Gasteiger charge is 2.27. The number of primary amides is 1. The van der Waals surface area contributed by atoms with Crippen LogP contribution in [0, 0.1) is 0 Å². The highest BCUT2D eigenvalue weighted by Crippen LogP contribution is 2.01. The van der Waals surface area contributed by atoms with E-state index in [4.69, 9.17) is 28.0 Å². The van der Waals surface area contributed by atoms with E-state index in [-0.39, 0.29) is 25.2 Å². The number of nitrogens with one attached hydrogen (secondary N) is 3. The lowest BCUT2D eigenvalue weighted by atomic mass is 10.1. The molecule has 0 spiro atoms. The molecule has 0 bridgehead atoms. The summed E-state index contributed by atoms with van der Waals surface area (Å²) < 4.78 is 0. The molecule has 0 saturated heterocycles. The van der Waals surface area contributed by atoms with Gasteiger partial charge in [-0.15, -0.1) is 0 Å². The van der Waals surface area contributed by atoms with Crippen molar-refractivity contribution in [2.75, 3.05) is 6.54 Å². The molecular formula is C17H32N8O6. The van der Waals surface area contributed by atoms with Gasteiger partial charge in [0.2, 0.25) is 23.6 Å². The summed E-state index contributed by atoms with van der Waals surface area (Å²) in [6, 6.07) is -4.41.